The third kappa shape index (κ3) is 3.73. The van der Waals surface area contributed by atoms with E-state index in [0.717, 1.165) is 6.42 Å². The molecule has 0 fully saturated rings. The number of nitrogens with two attached hydrogens (primary N) is 1. The first-order valence-corrected chi connectivity index (χ1v) is 5.76. The van der Waals surface area contributed by atoms with Gasteiger partial charge in [0.25, 0.3) is 5.91 Å². The minimum Gasteiger partial charge on any atom is -0.396 e. The van der Waals surface area contributed by atoms with Crippen molar-refractivity contribution in [2.24, 2.45) is 5.92 Å². The Kier molecular flexibility index (Phi) is 4.49. The van der Waals surface area contributed by atoms with Crippen LogP contribution in [0, 0.1) is 11.7 Å². The van der Waals surface area contributed by atoms with E-state index in [1.807, 2.05) is 6.92 Å². The van der Waals surface area contributed by atoms with Gasteiger partial charge in [0.05, 0.1) is 11.3 Å². The molecule has 3 N–H and O–H groups in total. The molecule has 0 bridgehead atoms. The highest BCUT2D eigenvalue weighted by atomic mass is 19.1. The van der Waals surface area contributed by atoms with Gasteiger partial charge in [-0.15, -0.1) is 0 Å². The fourth-order valence-corrected chi connectivity index (χ4v) is 1.80. The van der Waals surface area contributed by atoms with Crippen molar-refractivity contribution in [2.45, 2.75) is 33.2 Å². The molecular formula is C13H19FN2O. The normalized spacial score (nSPS) is 12.5. The first-order valence-electron chi connectivity index (χ1n) is 5.76. The molecule has 1 rings (SSSR count). The number of anilines is 1. The molecule has 4 heteroatoms. The molecule has 1 unspecified atom stereocenters. The maximum absolute atomic E-state index is 13.2. The van der Waals surface area contributed by atoms with Gasteiger partial charge in [0.15, 0.2) is 0 Å². The number of rotatable bonds is 4. The maximum Gasteiger partial charge on any atom is 0.253 e. The van der Waals surface area contributed by atoms with Crippen LogP contribution in [0.1, 0.15) is 37.6 Å². The summed E-state index contributed by atoms with van der Waals surface area (Å²) < 4.78 is 13.2. The fraction of sp³-hybridized carbons (Fsp3) is 0.462. The predicted octanol–water partition coefficient (Wildman–Crippen LogP) is 2.57. The number of carbonyl (C=O) groups is 1. The third-order valence-corrected chi connectivity index (χ3v) is 2.50. The highest BCUT2D eigenvalue weighted by molar-refractivity contribution is 5.99. The van der Waals surface area contributed by atoms with Crippen LogP contribution in [0.2, 0.25) is 0 Å². The van der Waals surface area contributed by atoms with Crippen LogP contribution >= 0.6 is 0 Å². The lowest BCUT2D eigenvalue weighted by Crippen LogP contribution is -2.34. The predicted molar refractivity (Wildman–Crippen MR) is 67.2 cm³/mol. The lowest BCUT2D eigenvalue weighted by Gasteiger charge is -2.16. The lowest BCUT2D eigenvalue weighted by atomic mass is 10.0. The molecule has 1 aromatic carbocycles. The van der Waals surface area contributed by atoms with Gasteiger partial charge >= 0.3 is 0 Å². The molecule has 0 spiro atoms. The number of nitrogen functional groups attached to an aromatic ring is 1. The molecule has 0 saturated heterocycles. The van der Waals surface area contributed by atoms with Gasteiger partial charge in [-0.25, -0.2) is 4.39 Å². The zero-order valence-electron chi connectivity index (χ0n) is 10.5. The van der Waals surface area contributed by atoms with E-state index in [1.54, 1.807) is 0 Å². The second-order valence-corrected chi connectivity index (χ2v) is 4.71. The van der Waals surface area contributed by atoms with E-state index in [4.69, 9.17) is 5.73 Å². The number of hydrogen-bond acceptors (Lipinski definition) is 2. The smallest absolute Gasteiger partial charge is 0.253 e. The summed E-state index contributed by atoms with van der Waals surface area (Å²) in [6, 6.07) is 4.29. The Hall–Kier alpha value is -1.58. The number of amides is 1. The first kappa shape index (κ1) is 13.5. The molecule has 0 aliphatic carbocycles. The Morgan fingerprint density at radius 2 is 2.06 bits per heavy atom. The van der Waals surface area contributed by atoms with Crippen LogP contribution in [0.25, 0.3) is 0 Å². The summed E-state index contributed by atoms with van der Waals surface area (Å²) in [5, 5.41) is 2.81. The van der Waals surface area contributed by atoms with Gasteiger partial charge in [0.2, 0.25) is 0 Å². The Labute approximate surface area is 101 Å². The molecule has 0 aliphatic heterocycles. The Morgan fingerprint density at radius 3 is 2.65 bits per heavy atom. The number of benzene rings is 1. The first-order chi connectivity index (χ1) is 7.91. The quantitative estimate of drug-likeness (QED) is 0.792. The number of hydrogen-bond donors (Lipinski definition) is 2. The Bertz CT molecular complexity index is 404. The van der Waals surface area contributed by atoms with Crippen LogP contribution in [0.5, 0.6) is 0 Å². The topological polar surface area (TPSA) is 55.1 Å². The van der Waals surface area contributed by atoms with Gasteiger partial charge in [-0.1, -0.05) is 19.9 Å². The van der Waals surface area contributed by atoms with Crippen molar-refractivity contribution in [3.8, 4) is 0 Å². The number of para-hydroxylation sites is 1. The van der Waals surface area contributed by atoms with E-state index < -0.39 is 5.82 Å². The van der Waals surface area contributed by atoms with E-state index in [-0.39, 0.29) is 23.2 Å². The summed E-state index contributed by atoms with van der Waals surface area (Å²) in [6.07, 6.45) is 0.876. The molecular weight excluding hydrogens is 219 g/mol. The number of carbonyl (C=O) groups excluding carboxylic acids is 1. The van der Waals surface area contributed by atoms with Crippen LogP contribution in [0.15, 0.2) is 18.2 Å². The molecule has 0 saturated carbocycles. The zero-order chi connectivity index (χ0) is 13.0. The number of halogens is 1. The summed E-state index contributed by atoms with van der Waals surface area (Å²) in [4.78, 5) is 11.9. The van der Waals surface area contributed by atoms with E-state index in [0.29, 0.717) is 5.92 Å². The summed E-state index contributed by atoms with van der Waals surface area (Å²) in [7, 11) is 0. The van der Waals surface area contributed by atoms with Gasteiger partial charge in [-0.3, -0.25) is 4.79 Å². The van der Waals surface area contributed by atoms with Gasteiger partial charge in [0, 0.05) is 6.04 Å². The summed E-state index contributed by atoms with van der Waals surface area (Å²) in [5.74, 6) is -0.389. The maximum atomic E-state index is 13.2. The van der Waals surface area contributed by atoms with Crippen molar-refractivity contribution in [3.63, 3.8) is 0 Å². The monoisotopic (exact) mass is 238 g/mol. The second kappa shape index (κ2) is 5.66. The molecule has 0 heterocycles. The molecule has 1 aromatic rings. The van der Waals surface area contributed by atoms with E-state index in [1.165, 1.54) is 18.2 Å². The van der Waals surface area contributed by atoms with Crippen LogP contribution in [0.4, 0.5) is 10.1 Å². The van der Waals surface area contributed by atoms with Crippen LogP contribution in [-0.2, 0) is 0 Å². The summed E-state index contributed by atoms with van der Waals surface area (Å²) in [6.45, 7) is 6.09. The highest BCUT2D eigenvalue weighted by Gasteiger charge is 2.15. The van der Waals surface area contributed by atoms with Gasteiger partial charge in [-0.2, -0.15) is 0 Å². The molecule has 0 aliphatic rings. The average Bonchev–Trinajstić information content (AvgIpc) is 2.20. The SMILES string of the molecule is CC(C)CC(C)NC(=O)c1cccc(F)c1N. The Morgan fingerprint density at radius 1 is 1.41 bits per heavy atom. The minimum absolute atomic E-state index is 0.0465. The fourth-order valence-electron chi connectivity index (χ4n) is 1.80. The standard InChI is InChI=1S/C13H19FN2O/c1-8(2)7-9(3)16-13(17)10-5-4-6-11(14)12(10)15/h4-6,8-9H,7,15H2,1-3H3,(H,16,17). The molecule has 3 nitrogen and oxygen atoms in total. The van der Waals surface area contributed by atoms with E-state index in [9.17, 15) is 9.18 Å². The van der Waals surface area contributed by atoms with Crippen molar-refractivity contribution in [2.75, 3.05) is 5.73 Å². The molecule has 1 atom stereocenters. The van der Waals surface area contributed by atoms with Crippen LogP contribution in [0.3, 0.4) is 0 Å². The van der Waals surface area contributed by atoms with Crippen molar-refractivity contribution in [1.29, 1.82) is 0 Å². The van der Waals surface area contributed by atoms with Crippen LogP contribution in [-0.4, -0.2) is 11.9 Å². The number of nitrogens with one attached hydrogen (secondary N) is 1. The molecule has 0 radical (unpaired) electrons. The summed E-state index contributed by atoms with van der Waals surface area (Å²) in [5.41, 5.74) is 5.62. The molecule has 17 heavy (non-hydrogen) atoms. The molecule has 94 valence electrons. The van der Waals surface area contributed by atoms with E-state index in [2.05, 4.69) is 19.2 Å². The highest BCUT2D eigenvalue weighted by Crippen LogP contribution is 2.16. The zero-order valence-corrected chi connectivity index (χ0v) is 10.5. The largest absolute Gasteiger partial charge is 0.396 e. The third-order valence-electron chi connectivity index (χ3n) is 2.50. The van der Waals surface area contributed by atoms with Gasteiger partial charge < -0.3 is 11.1 Å². The van der Waals surface area contributed by atoms with Crippen molar-refractivity contribution in [3.05, 3.63) is 29.6 Å². The Balaban J connectivity index is 2.73. The van der Waals surface area contributed by atoms with Crippen molar-refractivity contribution < 1.29 is 9.18 Å². The van der Waals surface area contributed by atoms with Crippen molar-refractivity contribution >= 4 is 11.6 Å². The van der Waals surface area contributed by atoms with E-state index >= 15 is 0 Å². The van der Waals surface area contributed by atoms with Gasteiger partial charge in [0.1, 0.15) is 5.82 Å². The minimum atomic E-state index is -0.561. The molecule has 0 aromatic heterocycles. The summed E-state index contributed by atoms with van der Waals surface area (Å²) >= 11 is 0. The van der Waals surface area contributed by atoms with Crippen molar-refractivity contribution in [1.82, 2.24) is 5.32 Å². The van der Waals surface area contributed by atoms with Gasteiger partial charge in [-0.05, 0) is 31.4 Å². The molecule has 1 amide bonds. The second-order valence-electron chi connectivity index (χ2n) is 4.71. The average molecular weight is 238 g/mol. The lowest BCUT2D eigenvalue weighted by molar-refractivity contribution is 0.0936. The van der Waals surface area contributed by atoms with Crippen LogP contribution < -0.4 is 11.1 Å².